The molecule has 14 atom stereocenters. The van der Waals surface area contributed by atoms with Crippen LogP contribution >= 0.6 is 0 Å². The van der Waals surface area contributed by atoms with E-state index in [9.17, 15) is 54.3 Å². The molecule has 7 aliphatic rings. The summed E-state index contributed by atoms with van der Waals surface area (Å²) in [6.07, 6.45) is 6.38. The average Bonchev–Trinajstić information content (AvgIpc) is 3.86. The molecule has 78 heavy (non-hydrogen) atoms. The van der Waals surface area contributed by atoms with Gasteiger partial charge in [0.2, 0.25) is 12.6 Å². The lowest BCUT2D eigenvalue weighted by Gasteiger charge is -2.58. The first-order valence-electron chi connectivity index (χ1n) is 28.2. The van der Waals surface area contributed by atoms with Crippen molar-refractivity contribution in [2.75, 3.05) is 20.5 Å². The summed E-state index contributed by atoms with van der Waals surface area (Å²) in [6, 6.07) is 3.15. The van der Waals surface area contributed by atoms with Crippen molar-refractivity contribution < 1.29 is 82.7 Å². The van der Waals surface area contributed by atoms with Crippen LogP contribution in [0.25, 0.3) is 0 Å². The first-order chi connectivity index (χ1) is 37.0. The van der Waals surface area contributed by atoms with Gasteiger partial charge in [0.1, 0.15) is 41.7 Å². The fourth-order valence-electron chi connectivity index (χ4n) is 15.5. The van der Waals surface area contributed by atoms with E-state index >= 15 is 0 Å². The van der Waals surface area contributed by atoms with Crippen molar-refractivity contribution in [1.82, 2.24) is 5.32 Å². The summed E-state index contributed by atoms with van der Waals surface area (Å²) in [5.41, 5.74) is -2.41. The van der Waals surface area contributed by atoms with E-state index in [0.29, 0.717) is 23.7 Å². The van der Waals surface area contributed by atoms with E-state index in [1.54, 1.807) is 0 Å². The van der Waals surface area contributed by atoms with E-state index in [0.717, 1.165) is 42.9 Å². The summed E-state index contributed by atoms with van der Waals surface area (Å²) in [5.74, 6) is -1.18. The maximum atomic E-state index is 14.0. The molecule has 0 aromatic heterocycles. The van der Waals surface area contributed by atoms with Crippen molar-refractivity contribution in [3.8, 4) is 17.2 Å². The number of ether oxygens (including phenoxy) is 6. The molecule has 2 aromatic rings. The minimum absolute atomic E-state index is 0.0382. The zero-order valence-electron chi connectivity index (χ0n) is 46.1. The minimum Gasteiger partial charge on any atom is -0.507 e. The lowest BCUT2D eigenvalue weighted by atomic mass is 9.47. The number of aliphatic hydroxyl groups excluding tert-OH is 2. The predicted molar refractivity (Wildman–Crippen MR) is 280 cm³/mol. The first kappa shape index (κ1) is 57.3. The molecule has 18 heteroatoms. The number of amides is 1. The molecule has 1 saturated heterocycles. The number of phenols is 2. The number of esters is 2. The maximum Gasteiger partial charge on any atom is 0.410 e. The number of phenolic OH excluding ortho intramolecular Hbond substituents is 2. The van der Waals surface area contributed by atoms with E-state index < -0.39 is 120 Å². The Labute approximate surface area is 455 Å². The van der Waals surface area contributed by atoms with Crippen LogP contribution in [-0.2, 0) is 44.5 Å². The minimum atomic E-state index is -2.40. The van der Waals surface area contributed by atoms with E-state index in [2.05, 4.69) is 46.0 Å². The zero-order valence-corrected chi connectivity index (χ0v) is 46.1. The molecule has 1 amide bonds. The number of aromatic hydroxyl groups is 2. The van der Waals surface area contributed by atoms with Gasteiger partial charge in [0, 0.05) is 42.4 Å². The molecular formula is C60H79NO17. The van der Waals surface area contributed by atoms with Crippen molar-refractivity contribution in [3.05, 3.63) is 63.2 Å². The summed E-state index contributed by atoms with van der Waals surface area (Å²) in [7, 11) is 1.30. The number of aliphatic hydroxyl groups is 3. The zero-order chi connectivity index (χ0) is 56.2. The number of Topliss-reactive ketones (excluding diaryl/α,β-unsaturated/α-hetero) is 1. The second-order valence-corrected chi connectivity index (χ2v) is 24.5. The quantitative estimate of drug-likeness (QED) is 0.0323. The second-order valence-electron chi connectivity index (χ2n) is 24.5. The van der Waals surface area contributed by atoms with Gasteiger partial charge < -0.3 is 59.3 Å². The van der Waals surface area contributed by atoms with Crippen LogP contribution in [0.15, 0.2) is 29.8 Å². The Kier molecular flexibility index (Phi) is 16.6. The lowest BCUT2D eigenvalue weighted by Crippen LogP contribution is -2.56. The van der Waals surface area contributed by atoms with Gasteiger partial charge in [-0.05, 0) is 104 Å². The first-order valence-corrected chi connectivity index (χ1v) is 28.2. The standard InChI is InChI=1S/C60H79NO17/c1-30(2)10-8-11-31(3)38-16-17-39-35-15-14-33-24-34(20-22-58(33,5)40(35)21-23-59(38,39)6)77-46(65)19-18-45(64)74-29-75-57(71)61-41-25-47(76-32(4)52(41)66)78-43-27-60(72,44(63)28-62)26-37-49(43)56(70)51-50(54(37)68)53(67)36-12-9-13-42(73-7)48(36)55(51)69/h9,12-14,30-32,34-35,38-41,43,47,52,62,66,68,70,72H,8,10-11,15-29H2,1-7H3,(H,61,71)/t31-,32+,34+,35+,38-,39+,40+,41+,43+,47?,52+,58+,59-,60+/m0/s1. The third-order valence-electron chi connectivity index (χ3n) is 19.6. The molecule has 4 fully saturated rings. The van der Waals surface area contributed by atoms with Crippen LogP contribution in [0.1, 0.15) is 187 Å². The van der Waals surface area contributed by atoms with Gasteiger partial charge in [-0.1, -0.05) is 77.7 Å². The highest BCUT2D eigenvalue weighted by molar-refractivity contribution is 6.31. The Hall–Kier alpha value is -5.40. The highest BCUT2D eigenvalue weighted by Crippen LogP contribution is 2.67. The number of hydrogen-bond donors (Lipinski definition) is 6. The third kappa shape index (κ3) is 10.6. The number of fused-ring (bicyclic) bond motifs is 8. The SMILES string of the molecule is COc1cccc2c1C(=O)c1c(O)c3c(c(O)c1C2=O)C[C@](O)(C(=O)CO)C[C@H]3OC1C[C@@H](NC(=O)OCOC(=O)CCC(=O)O[C@@H]2CC[C@]3(C)C(=CC[C@@H]4[C@H]5CC[C@@H]([C@@H](C)CCCC(C)C)[C@]5(C)CC[C@H]43)C2)[C@H](O)[C@@H](C)O1. The molecule has 0 radical (unpaired) electrons. The molecule has 9 rings (SSSR count). The summed E-state index contributed by atoms with van der Waals surface area (Å²) >= 11 is 0. The Bertz CT molecular complexity index is 2720. The molecule has 18 nitrogen and oxygen atoms in total. The number of ketones is 3. The number of allylic oxidation sites excluding steroid dienone is 1. The summed E-state index contributed by atoms with van der Waals surface area (Å²) in [6.45, 7) is 11.7. The summed E-state index contributed by atoms with van der Waals surface area (Å²) < 4.78 is 33.6. The van der Waals surface area contributed by atoms with Crippen molar-refractivity contribution in [2.45, 2.75) is 187 Å². The van der Waals surface area contributed by atoms with Crippen LogP contribution in [0, 0.1) is 46.3 Å². The monoisotopic (exact) mass is 1090 g/mol. The summed E-state index contributed by atoms with van der Waals surface area (Å²) in [4.78, 5) is 79.8. The Morgan fingerprint density at radius 1 is 0.897 bits per heavy atom. The van der Waals surface area contributed by atoms with Crippen molar-refractivity contribution in [1.29, 1.82) is 0 Å². The van der Waals surface area contributed by atoms with E-state index in [1.807, 2.05) is 0 Å². The molecule has 1 aliphatic heterocycles. The van der Waals surface area contributed by atoms with Gasteiger partial charge in [-0.2, -0.15) is 0 Å². The third-order valence-corrected chi connectivity index (χ3v) is 19.6. The molecule has 0 spiro atoms. The molecule has 1 heterocycles. The van der Waals surface area contributed by atoms with Crippen LogP contribution in [0.5, 0.6) is 17.2 Å². The summed E-state index contributed by atoms with van der Waals surface area (Å²) in [5, 5.41) is 58.6. The number of benzene rings is 2. The van der Waals surface area contributed by atoms with E-state index in [1.165, 1.54) is 82.8 Å². The largest absolute Gasteiger partial charge is 0.507 e. The molecule has 426 valence electrons. The molecule has 6 N–H and O–H groups in total. The predicted octanol–water partition coefficient (Wildman–Crippen LogP) is 8.00. The smallest absolute Gasteiger partial charge is 0.410 e. The number of carbonyl (C=O) groups is 6. The topological polar surface area (TPSA) is 271 Å². The molecular weight excluding hydrogens is 1010 g/mol. The van der Waals surface area contributed by atoms with Crippen molar-refractivity contribution in [3.63, 3.8) is 0 Å². The Morgan fingerprint density at radius 2 is 1.64 bits per heavy atom. The number of nitrogens with one attached hydrogen (secondary N) is 1. The van der Waals surface area contributed by atoms with Gasteiger partial charge in [0.25, 0.3) is 0 Å². The second kappa shape index (κ2) is 22.6. The van der Waals surface area contributed by atoms with Gasteiger partial charge in [-0.3, -0.25) is 24.0 Å². The van der Waals surface area contributed by atoms with E-state index in [4.69, 9.17) is 28.4 Å². The highest BCUT2D eigenvalue weighted by Gasteiger charge is 2.59. The van der Waals surface area contributed by atoms with Gasteiger partial charge in [-0.15, -0.1) is 0 Å². The van der Waals surface area contributed by atoms with Gasteiger partial charge >= 0.3 is 18.0 Å². The molecule has 6 aliphatic carbocycles. The van der Waals surface area contributed by atoms with Crippen molar-refractivity contribution >= 4 is 35.4 Å². The number of hydrogen-bond acceptors (Lipinski definition) is 17. The maximum absolute atomic E-state index is 14.0. The molecule has 2 aromatic carbocycles. The van der Waals surface area contributed by atoms with Crippen LogP contribution in [0.3, 0.4) is 0 Å². The lowest BCUT2D eigenvalue weighted by molar-refractivity contribution is -0.249. The van der Waals surface area contributed by atoms with Crippen LogP contribution in [0.4, 0.5) is 4.79 Å². The fourth-order valence-corrected chi connectivity index (χ4v) is 15.5. The number of alkyl carbamates (subject to hydrolysis) is 1. The fraction of sp³-hybridized carbons (Fsp3) is 0.667. The van der Waals surface area contributed by atoms with Crippen LogP contribution < -0.4 is 10.1 Å². The number of carbonyl (C=O) groups excluding carboxylic acids is 6. The van der Waals surface area contributed by atoms with Crippen LogP contribution in [-0.4, -0.2) is 118 Å². The average molecular weight is 1090 g/mol. The van der Waals surface area contributed by atoms with E-state index in [-0.39, 0.29) is 58.8 Å². The van der Waals surface area contributed by atoms with Gasteiger partial charge in [0.05, 0.1) is 54.9 Å². The molecule has 3 saturated carbocycles. The Morgan fingerprint density at radius 3 is 2.37 bits per heavy atom. The van der Waals surface area contributed by atoms with Gasteiger partial charge in [0.15, 0.2) is 17.9 Å². The molecule has 1 unspecified atom stereocenters. The highest BCUT2D eigenvalue weighted by atomic mass is 16.7. The Balaban J connectivity index is 0.758. The normalized spacial score (nSPS) is 33.2. The van der Waals surface area contributed by atoms with Gasteiger partial charge in [-0.25, -0.2) is 4.79 Å². The number of methoxy groups -OCH3 is 1. The number of rotatable bonds is 17. The van der Waals surface area contributed by atoms with Crippen LogP contribution in [0.2, 0.25) is 0 Å². The van der Waals surface area contributed by atoms with Crippen molar-refractivity contribution in [2.24, 2.45) is 46.3 Å². The molecule has 0 bridgehead atoms.